The van der Waals surface area contributed by atoms with Crippen LogP contribution in [0.2, 0.25) is 0 Å². The molecule has 0 saturated heterocycles. The Hall–Kier alpha value is -2.65. The average Bonchev–Trinajstić information content (AvgIpc) is 2.63. The van der Waals surface area contributed by atoms with Crippen molar-refractivity contribution in [2.24, 2.45) is 5.92 Å². The normalized spacial score (nSPS) is 10.9. The van der Waals surface area contributed by atoms with Crippen molar-refractivity contribution in [2.75, 3.05) is 36.2 Å². The number of nitrogens with zero attached hydrogens (tertiary/aromatic N) is 2. The van der Waals surface area contributed by atoms with Gasteiger partial charge < -0.3 is 20.7 Å². The number of aryl methyl sites for hydroxylation is 1. The van der Waals surface area contributed by atoms with Crippen LogP contribution in [-0.4, -0.2) is 34.9 Å². The number of hydrogen-bond donors (Lipinski definition) is 3. The molecule has 0 fully saturated rings. The van der Waals surface area contributed by atoms with Crippen LogP contribution in [0.4, 0.5) is 17.2 Å². The predicted octanol–water partition coefficient (Wildman–Crippen LogP) is 1.93. The largest absolute Gasteiger partial charge is 0.383 e. The zero-order valence-electron chi connectivity index (χ0n) is 16.6. The number of hydrogen-bond acceptors (Lipinski definition) is 5. The molecule has 1 aromatic heterocycles. The topological polar surface area (TPSA) is 105 Å². The summed E-state index contributed by atoms with van der Waals surface area (Å²) >= 11 is 5.53. The van der Waals surface area contributed by atoms with Crippen LogP contribution in [0.3, 0.4) is 0 Å². The number of benzene rings is 1. The van der Waals surface area contributed by atoms with Gasteiger partial charge in [0, 0.05) is 25.9 Å². The number of H-pyrrole nitrogens is 1. The number of nitrogen functional groups attached to an aromatic ring is 1. The molecular formula is C19H27N5O3S. The molecule has 0 saturated carbocycles. The van der Waals surface area contributed by atoms with Crippen molar-refractivity contribution in [1.82, 2.24) is 9.55 Å². The molecule has 28 heavy (non-hydrogen) atoms. The van der Waals surface area contributed by atoms with E-state index in [-0.39, 0.29) is 22.5 Å². The van der Waals surface area contributed by atoms with Crippen LogP contribution in [0, 0.1) is 12.8 Å². The minimum atomic E-state index is -0.591. The van der Waals surface area contributed by atoms with E-state index in [4.69, 9.17) is 22.7 Å². The molecule has 4 N–H and O–H groups in total. The van der Waals surface area contributed by atoms with Crippen LogP contribution in [-0.2, 0) is 11.3 Å². The molecule has 1 heterocycles. The Balaban J connectivity index is 2.46. The van der Waals surface area contributed by atoms with Gasteiger partial charge in [0.1, 0.15) is 5.82 Å². The minimum Gasteiger partial charge on any atom is -0.383 e. The monoisotopic (exact) mass is 405 g/mol. The van der Waals surface area contributed by atoms with Gasteiger partial charge in [-0.1, -0.05) is 31.5 Å². The van der Waals surface area contributed by atoms with Crippen LogP contribution in [0.5, 0.6) is 0 Å². The molecule has 1 aromatic carbocycles. The number of aromatic amines is 1. The molecule has 0 unspecified atom stereocenters. The van der Waals surface area contributed by atoms with E-state index >= 15 is 0 Å². The molecule has 0 radical (unpaired) electrons. The third-order valence-corrected chi connectivity index (χ3v) is 4.42. The summed E-state index contributed by atoms with van der Waals surface area (Å²) in [5, 5.41) is 3.40. The van der Waals surface area contributed by atoms with Crippen LogP contribution in [0.15, 0.2) is 33.9 Å². The Morgan fingerprint density at radius 2 is 1.96 bits per heavy atom. The van der Waals surface area contributed by atoms with E-state index in [1.165, 1.54) is 4.57 Å². The first-order valence-electron chi connectivity index (χ1n) is 9.01. The number of rotatable bonds is 7. The molecular weight excluding hydrogens is 378 g/mol. The van der Waals surface area contributed by atoms with Gasteiger partial charge in [0.25, 0.3) is 5.56 Å². The summed E-state index contributed by atoms with van der Waals surface area (Å²) in [7, 11) is 1.56. The van der Waals surface area contributed by atoms with E-state index in [1.807, 2.05) is 45.0 Å². The predicted molar refractivity (Wildman–Crippen MR) is 117 cm³/mol. The van der Waals surface area contributed by atoms with E-state index in [0.717, 1.165) is 11.3 Å². The highest BCUT2D eigenvalue weighted by Crippen LogP contribution is 2.19. The highest BCUT2D eigenvalue weighted by atomic mass is 32.1. The molecule has 2 aromatic rings. The lowest BCUT2D eigenvalue weighted by molar-refractivity contribution is 0.208. The summed E-state index contributed by atoms with van der Waals surface area (Å²) in [6, 6.07) is 7.69. The summed E-state index contributed by atoms with van der Waals surface area (Å²) in [6.07, 6.45) is 0. The second-order valence-electron chi connectivity index (χ2n) is 6.94. The maximum absolute atomic E-state index is 12.6. The van der Waals surface area contributed by atoms with Crippen molar-refractivity contribution >= 4 is 34.5 Å². The van der Waals surface area contributed by atoms with Gasteiger partial charge in [-0.05, 0) is 37.2 Å². The van der Waals surface area contributed by atoms with Gasteiger partial charge >= 0.3 is 5.69 Å². The average molecular weight is 406 g/mol. The Morgan fingerprint density at radius 3 is 2.54 bits per heavy atom. The Morgan fingerprint density at radius 1 is 1.32 bits per heavy atom. The first-order valence-corrected chi connectivity index (χ1v) is 9.42. The lowest BCUT2D eigenvalue weighted by atomic mass is 10.2. The Bertz CT molecular complexity index is 934. The molecule has 9 heteroatoms. The molecule has 0 spiro atoms. The fraction of sp³-hybridized carbons (Fsp3) is 0.421. The fourth-order valence-electron chi connectivity index (χ4n) is 2.71. The molecule has 152 valence electrons. The van der Waals surface area contributed by atoms with Crippen LogP contribution < -0.4 is 27.2 Å². The van der Waals surface area contributed by atoms with Gasteiger partial charge in [-0.15, -0.1) is 0 Å². The number of aromatic nitrogens is 2. The summed E-state index contributed by atoms with van der Waals surface area (Å²) in [5.74, 6) is 0.246. The van der Waals surface area contributed by atoms with Crippen molar-refractivity contribution in [3.05, 3.63) is 50.7 Å². The highest BCUT2D eigenvalue weighted by Gasteiger charge is 2.22. The quantitative estimate of drug-likeness (QED) is 0.605. The van der Waals surface area contributed by atoms with Crippen LogP contribution in [0.25, 0.3) is 0 Å². The number of thiocarbonyl (C=S) groups is 1. The summed E-state index contributed by atoms with van der Waals surface area (Å²) < 4.78 is 6.51. The molecule has 0 amide bonds. The number of nitrogens with one attached hydrogen (secondary N) is 2. The third-order valence-electron chi connectivity index (χ3n) is 4.10. The van der Waals surface area contributed by atoms with Crippen molar-refractivity contribution in [3.63, 3.8) is 0 Å². The summed E-state index contributed by atoms with van der Waals surface area (Å²) in [5.41, 5.74) is 7.13. The number of anilines is 3. The second kappa shape index (κ2) is 9.52. The molecule has 0 aliphatic heterocycles. The van der Waals surface area contributed by atoms with Gasteiger partial charge in [0.15, 0.2) is 10.8 Å². The first-order chi connectivity index (χ1) is 13.2. The highest BCUT2D eigenvalue weighted by molar-refractivity contribution is 7.80. The lowest BCUT2D eigenvalue weighted by Gasteiger charge is -2.27. The SMILES string of the molecule is COCCN(C(=S)Nc1ccc(C)cc1)c1c(N)n(CC(C)C)c(=O)[nH]c1=O. The second-order valence-corrected chi connectivity index (χ2v) is 7.32. The van der Waals surface area contributed by atoms with Crippen molar-refractivity contribution in [2.45, 2.75) is 27.3 Å². The van der Waals surface area contributed by atoms with Crippen molar-refractivity contribution in [1.29, 1.82) is 0 Å². The lowest BCUT2D eigenvalue weighted by Crippen LogP contribution is -2.44. The number of methoxy groups -OCH3 is 1. The van der Waals surface area contributed by atoms with Crippen LogP contribution >= 0.6 is 12.2 Å². The molecule has 0 bridgehead atoms. The van der Waals surface area contributed by atoms with E-state index in [1.54, 1.807) is 12.0 Å². The van der Waals surface area contributed by atoms with Gasteiger partial charge in [0.2, 0.25) is 0 Å². The maximum Gasteiger partial charge on any atom is 0.330 e. The van der Waals surface area contributed by atoms with E-state index in [9.17, 15) is 9.59 Å². The third kappa shape index (κ3) is 5.20. The van der Waals surface area contributed by atoms with E-state index in [2.05, 4.69) is 10.3 Å². The molecule has 2 rings (SSSR count). The molecule has 8 nitrogen and oxygen atoms in total. The Kier molecular flexibility index (Phi) is 7.36. The molecule has 0 aliphatic rings. The fourth-order valence-corrected chi connectivity index (χ4v) is 3.01. The molecule has 0 atom stereocenters. The van der Waals surface area contributed by atoms with E-state index in [0.29, 0.717) is 19.7 Å². The zero-order chi connectivity index (χ0) is 20.8. The van der Waals surface area contributed by atoms with Gasteiger partial charge in [0.05, 0.1) is 6.61 Å². The van der Waals surface area contributed by atoms with Gasteiger partial charge in [-0.25, -0.2) is 4.79 Å². The van der Waals surface area contributed by atoms with Gasteiger partial charge in [-0.2, -0.15) is 0 Å². The number of nitrogens with two attached hydrogens (primary N) is 1. The molecule has 0 aliphatic carbocycles. The van der Waals surface area contributed by atoms with Gasteiger partial charge in [-0.3, -0.25) is 14.3 Å². The summed E-state index contributed by atoms with van der Waals surface area (Å²) in [4.78, 5) is 28.7. The van der Waals surface area contributed by atoms with Crippen molar-refractivity contribution in [3.8, 4) is 0 Å². The smallest absolute Gasteiger partial charge is 0.330 e. The maximum atomic E-state index is 12.6. The Labute approximate surface area is 169 Å². The van der Waals surface area contributed by atoms with E-state index < -0.39 is 11.2 Å². The number of ether oxygens (including phenoxy) is 1. The standard InChI is InChI=1S/C19H27N5O3S/c1-12(2)11-24-16(20)15(17(25)22-18(24)26)23(9-10-27-4)19(28)21-14-7-5-13(3)6-8-14/h5-8,12H,9-11,20H2,1-4H3,(H,21,28)(H,22,25,26). The minimum absolute atomic E-state index is 0.0756. The first kappa shape index (κ1) is 21.6. The van der Waals surface area contributed by atoms with Crippen molar-refractivity contribution < 1.29 is 4.74 Å². The van der Waals surface area contributed by atoms with Crippen LogP contribution in [0.1, 0.15) is 19.4 Å². The summed E-state index contributed by atoms with van der Waals surface area (Å²) in [6.45, 7) is 6.90. The zero-order valence-corrected chi connectivity index (χ0v) is 17.4.